The smallest absolute Gasteiger partial charge is 0.330 e. The van der Waals surface area contributed by atoms with E-state index in [1.54, 1.807) is 16.2 Å². The van der Waals surface area contributed by atoms with Gasteiger partial charge in [0.2, 0.25) is 0 Å². The molecular formula is C29H33N7O5. The van der Waals surface area contributed by atoms with Crippen LogP contribution in [-0.2, 0) is 26.6 Å². The van der Waals surface area contributed by atoms with Crippen LogP contribution in [0.5, 0.6) is 17.4 Å². The van der Waals surface area contributed by atoms with Crippen LogP contribution in [-0.4, -0.2) is 55.4 Å². The van der Waals surface area contributed by atoms with Crippen molar-refractivity contribution in [1.29, 1.82) is 0 Å². The lowest BCUT2D eigenvalue weighted by atomic mass is 9.97. The molecule has 0 saturated carbocycles. The summed E-state index contributed by atoms with van der Waals surface area (Å²) in [5.41, 5.74) is 5.64. The Bertz CT molecular complexity index is 1730. The van der Waals surface area contributed by atoms with Gasteiger partial charge in [0.1, 0.15) is 5.49 Å². The van der Waals surface area contributed by atoms with E-state index in [4.69, 9.17) is 14.5 Å². The number of nitrogens with one attached hydrogen (secondary N) is 1. The van der Waals surface area contributed by atoms with Gasteiger partial charge in [0.05, 0.1) is 25.1 Å². The van der Waals surface area contributed by atoms with Crippen LogP contribution in [0.4, 0.5) is 5.69 Å². The zero-order chi connectivity index (χ0) is 29.3. The predicted octanol–water partition coefficient (Wildman–Crippen LogP) is 2.39. The van der Waals surface area contributed by atoms with Crippen molar-refractivity contribution in [2.75, 3.05) is 20.3 Å². The summed E-state index contributed by atoms with van der Waals surface area (Å²) < 4.78 is 15.8. The maximum atomic E-state index is 13.9. The third kappa shape index (κ3) is 5.45. The molecule has 0 atom stereocenters. The molecule has 12 nitrogen and oxygen atoms in total. The highest BCUT2D eigenvalue weighted by molar-refractivity contribution is 5.94. The lowest BCUT2D eigenvalue weighted by Gasteiger charge is -2.25. The maximum Gasteiger partial charge on any atom is 0.330 e. The Labute approximate surface area is 236 Å². The van der Waals surface area contributed by atoms with E-state index in [0.29, 0.717) is 36.6 Å². The average Bonchev–Trinajstić information content (AvgIpc) is 3.27. The fourth-order valence-electron chi connectivity index (χ4n) is 5.18. The molecule has 1 aliphatic heterocycles. The zero-order valence-corrected chi connectivity index (χ0v) is 23.8. The summed E-state index contributed by atoms with van der Waals surface area (Å²) in [4.78, 5) is 31.5. The normalized spacial score (nSPS) is 12.6. The van der Waals surface area contributed by atoms with Crippen LogP contribution in [0.25, 0.3) is 11.3 Å². The van der Waals surface area contributed by atoms with Gasteiger partial charge in [-0.05, 0) is 68.1 Å². The molecule has 12 heteroatoms. The molecule has 4 aromatic rings. The number of carbonyl (C=O) groups is 1. The number of fused-ring (bicyclic) bond motifs is 3. The molecule has 1 amide bonds. The molecule has 3 heterocycles. The summed E-state index contributed by atoms with van der Waals surface area (Å²) in [5, 5.41) is 19.8. The molecule has 0 radical (unpaired) electrons. The number of ether oxygens (including phenoxy) is 2. The number of amides is 1. The first-order chi connectivity index (χ1) is 19.7. The van der Waals surface area contributed by atoms with Crippen molar-refractivity contribution >= 4 is 11.6 Å². The maximum absolute atomic E-state index is 13.9. The third-order valence-corrected chi connectivity index (χ3v) is 6.96. The van der Waals surface area contributed by atoms with Crippen LogP contribution in [0.2, 0.25) is 0 Å². The molecule has 41 heavy (non-hydrogen) atoms. The standard InChI is InChI=1S/C29H33N7O5/c1-6-41-24-14-19-7-9-35-22(21(19)15-23(24)40-5)16-25(31-20-12-17(2)11-18(3)13-20)36(29(35)39)10-8-30-27(37)26-28(38)32-33-34(26)4/h11-16,38H,6-10H2,1-5H3,(H,30,37)/b31-25+. The molecule has 0 aliphatic carbocycles. The van der Waals surface area contributed by atoms with Crippen molar-refractivity contribution in [3.63, 3.8) is 0 Å². The number of aryl methyl sites for hydroxylation is 4. The summed E-state index contributed by atoms with van der Waals surface area (Å²) in [6.45, 7) is 7.17. The Balaban J connectivity index is 1.60. The monoisotopic (exact) mass is 559 g/mol. The van der Waals surface area contributed by atoms with Crippen molar-refractivity contribution in [2.24, 2.45) is 12.0 Å². The van der Waals surface area contributed by atoms with Crippen LogP contribution in [0.1, 0.15) is 34.1 Å². The minimum Gasteiger partial charge on any atom is -0.493 e. The molecule has 2 aromatic heterocycles. The summed E-state index contributed by atoms with van der Waals surface area (Å²) >= 11 is 0. The van der Waals surface area contributed by atoms with Gasteiger partial charge in [-0.1, -0.05) is 16.4 Å². The molecule has 0 fully saturated rings. The first-order valence-corrected chi connectivity index (χ1v) is 13.4. The fraction of sp³-hybridized carbons (Fsp3) is 0.345. The molecule has 0 bridgehead atoms. The molecule has 2 aromatic carbocycles. The van der Waals surface area contributed by atoms with Crippen molar-refractivity contribution in [2.45, 2.75) is 40.3 Å². The van der Waals surface area contributed by atoms with E-state index in [9.17, 15) is 14.7 Å². The Morgan fingerprint density at radius 1 is 1.12 bits per heavy atom. The lowest BCUT2D eigenvalue weighted by molar-refractivity contribution is 0.0939. The molecule has 0 spiro atoms. The summed E-state index contributed by atoms with van der Waals surface area (Å²) in [5.74, 6) is 0.249. The van der Waals surface area contributed by atoms with E-state index in [-0.39, 0.29) is 24.5 Å². The number of rotatable bonds is 8. The van der Waals surface area contributed by atoms with Crippen LogP contribution in [0.3, 0.4) is 0 Å². The van der Waals surface area contributed by atoms with Crippen LogP contribution < -0.4 is 26.0 Å². The summed E-state index contributed by atoms with van der Waals surface area (Å²) in [7, 11) is 3.10. The van der Waals surface area contributed by atoms with Crippen molar-refractivity contribution in [3.05, 3.63) is 74.8 Å². The predicted molar refractivity (Wildman–Crippen MR) is 152 cm³/mol. The first-order valence-electron chi connectivity index (χ1n) is 13.4. The van der Waals surface area contributed by atoms with E-state index >= 15 is 0 Å². The van der Waals surface area contributed by atoms with Gasteiger partial charge in [-0.15, -0.1) is 0 Å². The van der Waals surface area contributed by atoms with Gasteiger partial charge in [0.15, 0.2) is 17.2 Å². The molecule has 0 unspecified atom stereocenters. The minimum absolute atomic E-state index is 0.0608. The van der Waals surface area contributed by atoms with E-state index in [1.807, 2.05) is 51.1 Å². The van der Waals surface area contributed by atoms with Crippen LogP contribution >= 0.6 is 0 Å². The Morgan fingerprint density at radius 2 is 1.88 bits per heavy atom. The number of aromatic hydroxyl groups is 1. The zero-order valence-electron chi connectivity index (χ0n) is 23.8. The number of benzene rings is 2. The van der Waals surface area contributed by atoms with Gasteiger partial charge >= 0.3 is 5.69 Å². The van der Waals surface area contributed by atoms with Gasteiger partial charge < -0.3 is 19.9 Å². The largest absolute Gasteiger partial charge is 0.493 e. The highest BCUT2D eigenvalue weighted by Crippen LogP contribution is 2.37. The molecule has 2 N–H and O–H groups in total. The highest BCUT2D eigenvalue weighted by Gasteiger charge is 2.23. The number of carbonyl (C=O) groups excluding carboxylic acids is 1. The van der Waals surface area contributed by atoms with Gasteiger partial charge in [0, 0.05) is 38.3 Å². The highest BCUT2D eigenvalue weighted by atomic mass is 16.5. The van der Waals surface area contributed by atoms with Gasteiger partial charge in [-0.2, -0.15) is 0 Å². The Kier molecular flexibility index (Phi) is 7.64. The first kappa shape index (κ1) is 27.7. The molecule has 214 valence electrons. The molecule has 0 saturated heterocycles. The number of hydrogen-bond acceptors (Lipinski definition) is 8. The minimum atomic E-state index is -0.549. The van der Waals surface area contributed by atoms with Crippen molar-refractivity contribution in [1.82, 2.24) is 29.4 Å². The number of aromatic nitrogens is 5. The Morgan fingerprint density at radius 3 is 2.54 bits per heavy atom. The van der Waals surface area contributed by atoms with E-state index in [1.165, 1.54) is 11.7 Å². The van der Waals surface area contributed by atoms with Crippen molar-refractivity contribution < 1.29 is 19.4 Å². The summed E-state index contributed by atoms with van der Waals surface area (Å²) in [6, 6.07) is 11.8. The van der Waals surface area contributed by atoms with E-state index in [2.05, 4.69) is 21.7 Å². The summed E-state index contributed by atoms with van der Waals surface area (Å²) in [6.07, 6.45) is 0.642. The average molecular weight is 560 g/mol. The second-order valence-electron chi connectivity index (χ2n) is 9.92. The van der Waals surface area contributed by atoms with Gasteiger partial charge in [0.25, 0.3) is 11.8 Å². The fourth-order valence-corrected chi connectivity index (χ4v) is 5.18. The van der Waals surface area contributed by atoms with Gasteiger partial charge in [-0.3, -0.25) is 13.9 Å². The second kappa shape index (κ2) is 11.3. The van der Waals surface area contributed by atoms with Crippen LogP contribution in [0, 0.1) is 13.8 Å². The number of nitrogens with zero attached hydrogens (tertiary/aromatic N) is 6. The Hall–Kier alpha value is -4.87. The number of hydrogen-bond donors (Lipinski definition) is 2. The van der Waals surface area contributed by atoms with Crippen LogP contribution in [0.15, 0.2) is 46.2 Å². The van der Waals surface area contributed by atoms with Gasteiger partial charge in [-0.25, -0.2) is 14.5 Å². The quantitative estimate of drug-likeness (QED) is 0.338. The SMILES string of the molecule is CCOc1cc2c(cc1OC)-c1c/c(=N\c3cc(C)cc(C)c3)n(CCNC(=O)c3c(O)nnn3C)c(=O)n1CC2. The second-order valence-corrected chi connectivity index (χ2v) is 9.92. The third-order valence-electron chi connectivity index (χ3n) is 6.96. The number of methoxy groups -OCH3 is 1. The van der Waals surface area contributed by atoms with Crippen molar-refractivity contribution in [3.8, 4) is 28.6 Å². The van der Waals surface area contributed by atoms with E-state index in [0.717, 1.165) is 33.6 Å². The van der Waals surface area contributed by atoms with E-state index < -0.39 is 11.8 Å². The lowest BCUT2D eigenvalue weighted by Crippen LogP contribution is -2.44. The molecule has 1 aliphatic rings. The molecular weight excluding hydrogens is 526 g/mol. The molecule has 5 rings (SSSR count). The topological polar surface area (TPSA) is 138 Å².